The Kier molecular flexibility index (Phi) is 9.18. The summed E-state index contributed by atoms with van der Waals surface area (Å²) in [7, 11) is -3.61. The quantitative estimate of drug-likeness (QED) is 0.274. The van der Waals surface area contributed by atoms with Gasteiger partial charge >= 0.3 is 0 Å². The molecule has 202 valence electrons. The number of thioether (sulfide) groups is 1. The maximum absolute atomic E-state index is 13.1. The van der Waals surface area contributed by atoms with Crippen molar-refractivity contribution in [2.24, 2.45) is 0 Å². The molecular weight excluding hydrogens is 529 g/mol. The molecule has 2 aromatic carbocycles. The van der Waals surface area contributed by atoms with E-state index in [1.807, 2.05) is 6.92 Å². The van der Waals surface area contributed by atoms with Crippen LogP contribution in [0.15, 0.2) is 65.2 Å². The minimum Gasteiger partial charge on any atom is -0.486 e. The summed E-state index contributed by atoms with van der Waals surface area (Å²) in [4.78, 5) is 13.0. The van der Waals surface area contributed by atoms with Crippen LogP contribution in [0.4, 0.5) is 10.1 Å². The van der Waals surface area contributed by atoms with Crippen molar-refractivity contribution in [2.75, 3.05) is 24.2 Å². The predicted molar refractivity (Wildman–Crippen MR) is 144 cm³/mol. The van der Waals surface area contributed by atoms with Gasteiger partial charge in [-0.25, -0.2) is 12.8 Å². The average Bonchev–Trinajstić information content (AvgIpc) is 3.30. The third-order valence-electron chi connectivity index (χ3n) is 6.05. The fraction of sp³-hybridized carbons (Fsp3) is 0.346. The van der Waals surface area contributed by atoms with Gasteiger partial charge in [-0.05, 0) is 61.7 Å². The molecule has 9 nitrogen and oxygen atoms in total. The summed E-state index contributed by atoms with van der Waals surface area (Å²) in [6.45, 7) is 7.12. The first-order valence-electron chi connectivity index (χ1n) is 12.2. The zero-order valence-electron chi connectivity index (χ0n) is 21.1. The number of hydrogen-bond acceptors (Lipinski definition) is 7. The molecule has 1 amide bonds. The monoisotopic (exact) mass is 559 g/mol. The first-order valence-corrected chi connectivity index (χ1v) is 14.7. The lowest BCUT2D eigenvalue weighted by Gasteiger charge is -2.26. The Balaban J connectivity index is 1.40. The minimum absolute atomic E-state index is 0.0383. The molecule has 1 aliphatic rings. The van der Waals surface area contributed by atoms with Crippen LogP contribution in [0.3, 0.4) is 0 Å². The van der Waals surface area contributed by atoms with Crippen LogP contribution in [0.5, 0.6) is 5.75 Å². The molecule has 1 aromatic heterocycles. The van der Waals surface area contributed by atoms with Gasteiger partial charge in [-0.3, -0.25) is 9.36 Å². The predicted octanol–water partition coefficient (Wildman–Crippen LogP) is 4.40. The molecule has 1 fully saturated rings. The van der Waals surface area contributed by atoms with Crippen LogP contribution in [0, 0.1) is 12.7 Å². The molecule has 0 spiro atoms. The van der Waals surface area contributed by atoms with Crippen LogP contribution in [0.2, 0.25) is 0 Å². The number of sulfonamides is 1. The van der Waals surface area contributed by atoms with E-state index in [0.29, 0.717) is 42.1 Å². The number of anilines is 1. The Bertz CT molecular complexity index is 1390. The van der Waals surface area contributed by atoms with Crippen LogP contribution in [-0.4, -0.2) is 52.2 Å². The number of halogens is 1. The van der Waals surface area contributed by atoms with E-state index in [1.54, 1.807) is 22.8 Å². The van der Waals surface area contributed by atoms with Gasteiger partial charge in [-0.1, -0.05) is 30.3 Å². The number of carbonyl (C=O) groups excluding carboxylic acids is 1. The number of carbonyl (C=O) groups is 1. The lowest BCUT2D eigenvalue weighted by molar-refractivity contribution is -0.113. The summed E-state index contributed by atoms with van der Waals surface area (Å²) in [5.74, 6) is 0.408. The number of piperidine rings is 1. The van der Waals surface area contributed by atoms with Crippen LogP contribution in [-0.2, 0) is 28.0 Å². The first kappa shape index (κ1) is 27.8. The van der Waals surface area contributed by atoms with E-state index in [1.165, 1.54) is 46.4 Å². The Morgan fingerprint density at radius 3 is 2.61 bits per heavy atom. The van der Waals surface area contributed by atoms with Crippen LogP contribution < -0.4 is 10.1 Å². The number of nitrogens with zero attached hydrogens (tertiary/aromatic N) is 4. The molecule has 1 N–H and O–H groups in total. The second kappa shape index (κ2) is 12.5. The minimum atomic E-state index is -3.61. The highest BCUT2D eigenvalue weighted by Gasteiger charge is 2.26. The Morgan fingerprint density at radius 1 is 1.16 bits per heavy atom. The van der Waals surface area contributed by atoms with Crippen molar-refractivity contribution < 1.29 is 22.3 Å². The summed E-state index contributed by atoms with van der Waals surface area (Å²) < 4.78 is 48.2. The van der Waals surface area contributed by atoms with Gasteiger partial charge < -0.3 is 10.1 Å². The van der Waals surface area contributed by atoms with Crippen molar-refractivity contribution in [1.82, 2.24) is 19.1 Å². The van der Waals surface area contributed by atoms with Crippen molar-refractivity contribution >= 4 is 33.4 Å². The van der Waals surface area contributed by atoms with Crippen molar-refractivity contribution in [3.63, 3.8) is 0 Å². The molecule has 1 saturated heterocycles. The van der Waals surface area contributed by atoms with Crippen molar-refractivity contribution in [2.45, 2.75) is 49.4 Å². The van der Waals surface area contributed by atoms with E-state index in [4.69, 9.17) is 4.74 Å². The van der Waals surface area contributed by atoms with E-state index >= 15 is 0 Å². The zero-order chi connectivity index (χ0) is 27.1. The molecule has 1 aliphatic heterocycles. The summed E-state index contributed by atoms with van der Waals surface area (Å²) in [5.41, 5.74) is 1.21. The maximum atomic E-state index is 13.1. The van der Waals surface area contributed by atoms with Gasteiger partial charge in [0.25, 0.3) is 0 Å². The maximum Gasteiger partial charge on any atom is 0.243 e. The van der Waals surface area contributed by atoms with Gasteiger partial charge in [0.05, 0.1) is 10.6 Å². The summed E-state index contributed by atoms with van der Waals surface area (Å²) in [6.07, 6.45) is 4.42. The van der Waals surface area contributed by atoms with Gasteiger partial charge in [-0.2, -0.15) is 4.31 Å². The number of amides is 1. The van der Waals surface area contributed by atoms with Crippen molar-refractivity contribution in [1.29, 1.82) is 0 Å². The van der Waals surface area contributed by atoms with Crippen molar-refractivity contribution in [3.05, 3.63) is 72.3 Å². The number of allylic oxidation sites excluding steroid dienone is 1. The first-order chi connectivity index (χ1) is 18.3. The molecule has 0 saturated carbocycles. The molecule has 12 heteroatoms. The number of rotatable bonds is 11. The number of benzene rings is 2. The van der Waals surface area contributed by atoms with E-state index in [9.17, 15) is 17.6 Å². The Labute approximate surface area is 226 Å². The second-order valence-corrected chi connectivity index (χ2v) is 11.7. The lowest BCUT2D eigenvalue weighted by atomic mass is 10.2. The lowest BCUT2D eigenvalue weighted by Crippen LogP contribution is -2.35. The van der Waals surface area contributed by atoms with Crippen LogP contribution in [0.1, 0.15) is 30.7 Å². The molecule has 4 rings (SSSR count). The molecule has 2 heterocycles. The molecule has 0 atom stereocenters. The number of hydrogen-bond donors (Lipinski definition) is 1. The highest BCUT2D eigenvalue weighted by molar-refractivity contribution is 7.99. The van der Waals surface area contributed by atoms with Crippen LogP contribution in [0.25, 0.3) is 0 Å². The summed E-state index contributed by atoms with van der Waals surface area (Å²) in [6, 6.07) is 10.5. The molecule has 0 bridgehead atoms. The van der Waals surface area contributed by atoms with Crippen LogP contribution >= 0.6 is 11.8 Å². The topological polar surface area (TPSA) is 106 Å². The molecule has 38 heavy (non-hydrogen) atoms. The fourth-order valence-corrected chi connectivity index (χ4v) is 6.30. The van der Waals surface area contributed by atoms with E-state index < -0.39 is 10.0 Å². The van der Waals surface area contributed by atoms with E-state index in [-0.39, 0.29) is 29.0 Å². The largest absolute Gasteiger partial charge is 0.486 e. The molecule has 3 aromatic rings. The normalized spacial score (nSPS) is 14.3. The summed E-state index contributed by atoms with van der Waals surface area (Å²) in [5, 5.41) is 11.7. The zero-order valence-corrected chi connectivity index (χ0v) is 22.7. The molecular formula is C26H30FN5O4S2. The van der Waals surface area contributed by atoms with Crippen molar-refractivity contribution in [3.8, 4) is 5.75 Å². The number of nitrogens with one attached hydrogen (secondary N) is 1. The van der Waals surface area contributed by atoms with Gasteiger partial charge in [-0.15, -0.1) is 16.8 Å². The number of aryl methyl sites for hydroxylation is 1. The van der Waals surface area contributed by atoms with Gasteiger partial charge in [0.1, 0.15) is 18.2 Å². The molecule has 0 unspecified atom stereocenters. The van der Waals surface area contributed by atoms with E-state index in [2.05, 4.69) is 22.1 Å². The average molecular weight is 560 g/mol. The van der Waals surface area contributed by atoms with Gasteiger partial charge in [0.2, 0.25) is 15.9 Å². The fourth-order valence-electron chi connectivity index (χ4n) is 3.99. The third-order valence-corrected chi connectivity index (χ3v) is 8.92. The third kappa shape index (κ3) is 6.80. The molecule has 0 aliphatic carbocycles. The number of ether oxygens (including phenoxy) is 1. The highest BCUT2D eigenvalue weighted by Crippen LogP contribution is 2.26. The highest BCUT2D eigenvalue weighted by atomic mass is 32.2. The SMILES string of the molecule is C=CCn1c(COc2ccc(F)cc2)nnc1SCC(=O)Nc1cc(S(=O)(=O)N2CCCCC2)ccc1C. The standard InChI is InChI=1S/C26H30FN5O4S2/c1-3-13-32-24(17-36-21-10-8-20(27)9-11-21)29-30-26(32)37-18-25(33)28-23-16-22(12-7-19(23)2)38(34,35)31-14-5-4-6-15-31/h3,7-12,16H,1,4-6,13-15,17-18H2,2H3,(H,28,33). The second-order valence-electron chi connectivity index (χ2n) is 8.82. The van der Waals surface area contributed by atoms with Gasteiger partial charge in [0.15, 0.2) is 11.0 Å². The van der Waals surface area contributed by atoms with Gasteiger partial charge in [0, 0.05) is 25.3 Å². The molecule has 0 radical (unpaired) electrons. The Morgan fingerprint density at radius 2 is 1.89 bits per heavy atom. The Hall–Kier alpha value is -3.22. The van der Waals surface area contributed by atoms with E-state index in [0.717, 1.165) is 24.8 Å². The smallest absolute Gasteiger partial charge is 0.243 e. The number of aromatic nitrogens is 3. The summed E-state index contributed by atoms with van der Waals surface area (Å²) >= 11 is 1.20.